The number of phenols is 2. The zero-order chi connectivity index (χ0) is 20.1. The number of hydrogen-bond donors (Lipinski definition) is 3. The van der Waals surface area contributed by atoms with E-state index in [9.17, 15) is 19.4 Å². The summed E-state index contributed by atoms with van der Waals surface area (Å²) in [6, 6.07) is 16.3. The van der Waals surface area contributed by atoms with Crippen LogP contribution in [0.15, 0.2) is 66.4 Å². The number of fused-ring (bicyclic) bond motifs is 2. The van der Waals surface area contributed by atoms with E-state index in [4.69, 9.17) is 4.74 Å². The monoisotopic (exact) mass is 387 g/mol. The van der Waals surface area contributed by atoms with Crippen LogP contribution in [-0.2, 0) is 0 Å². The Hall–Kier alpha value is -4.06. The molecule has 0 saturated heterocycles. The van der Waals surface area contributed by atoms with Gasteiger partial charge in [0, 0.05) is 16.5 Å². The smallest absolute Gasteiger partial charge is 0.232 e. The van der Waals surface area contributed by atoms with E-state index in [0.29, 0.717) is 11.3 Å². The van der Waals surface area contributed by atoms with Crippen molar-refractivity contribution in [3.05, 3.63) is 83.4 Å². The predicted molar refractivity (Wildman–Crippen MR) is 106 cm³/mol. The number of aromatic hydroxyl groups is 2. The highest BCUT2D eigenvalue weighted by atomic mass is 19.1. The Labute approximate surface area is 164 Å². The van der Waals surface area contributed by atoms with Crippen LogP contribution in [-0.4, -0.2) is 21.0 Å². The topological polar surface area (TPSA) is 82.6 Å². The zero-order valence-electron chi connectivity index (χ0n) is 14.9. The van der Waals surface area contributed by atoms with E-state index in [1.165, 1.54) is 24.3 Å². The highest BCUT2D eigenvalue weighted by molar-refractivity contribution is 6.16. The van der Waals surface area contributed by atoms with Crippen molar-refractivity contribution < 1.29 is 24.1 Å². The van der Waals surface area contributed by atoms with Crippen LogP contribution in [0.5, 0.6) is 17.2 Å². The molecule has 29 heavy (non-hydrogen) atoms. The van der Waals surface area contributed by atoms with Gasteiger partial charge in [-0.15, -0.1) is 0 Å². The highest BCUT2D eigenvalue weighted by Gasteiger charge is 2.31. The second-order valence-electron chi connectivity index (χ2n) is 6.72. The van der Waals surface area contributed by atoms with Gasteiger partial charge in [0.15, 0.2) is 17.3 Å². The fourth-order valence-corrected chi connectivity index (χ4v) is 3.52. The first-order chi connectivity index (χ1) is 14.0. The Balaban J connectivity index is 1.69. The number of H-pyrrole nitrogens is 1. The largest absolute Gasteiger partial charge is 0.504 e. The number of carbonyl (C=O) groups is 1. The number of ketones is 1. The molecule has 0 amide bonds. The lowest BCUT2D eigenvalue weighted by molar-refractivity contribution is 0.101. The molecular weight excluding hydrogens is 373 g/mol. The Morgan fingerprint density at radius 3 is 2.52 bits per heavy atom. The number of rotatable bonds is 2. The van der Waals surface area contributed by atoms with Crippen molar-refractivity contribution in [1.29, 1.82) is 0 Å². The van der Waals surface area contributed by atoms with Gasteiger partial charge in [0.25, 0.3) is 0 Å². The van der Waals surface area contributed by atoms with Gasteiger partial charge in [-0.1, -0.05) is 18.2 Å². The van der Waals surface area contributed by atoms with Crippen LogP contribution < -0.4 is 4.74 Å². The van der Waals surface area contributed by atoms with Crippen molar-refractivity contribution in [1.82, 2.24) is 4.98 Å². The molecule has 3 aromatic carbocycles. The van der Waals surface area contributed by atoms with Gasteiger partial charge in [-0.3, -0.25) is 4.79 Å². The van der Waals surface area contributed by atoms with E-state index < -0.39 is 11.5 Å². The number of allylic oxidation sites excluding steroid dienone is 1. The Morgan fingerprint density at radius 1 is 0.966 bits per heavy atom. The lowest BCUT2D eigenvalue weighted by Gasteiger charge is -2.04. The zero-order valence-corrected chi connectivity index (χ0v) is 14.9. The first kappa shape index (κ1) is 17.1. The third kappa shape index (κ3) is 2.65. The summed E-state index contributed by atoms with van der Waals surface area (Å²) in [6.07, 6.45) is 1.59. The van der Waals surface area contributed by atoms with Crippen LogP contribution in [0.2, 0.25) is 0 Å². The molecule has 5 nitrogen and oxygen atoms in total. The summed E-state index contributed by atoms with van der Waals surface area (Å²) in [7, 11) is 0. The molecule has 0 radical (unpaired) electrons. The summed E-state index contributed by atoms with van der Waals surface area (Å²) in [4.78, 5) is 16.1. The van der Waals surface area contributed by atoms with E-state index in [1.807, 2.05) is 24.3 Å². The van der Waals surface area contributed by atoms with Gasteiger partial charge in [-0.05, 0) is 54.1 Å². The number of benzene rings is 3. The standard InChI is InChI=1S/C23H14FNO4/c24-13-7-5-12(6-8-13)20-16(14-3-1-2-4-17(14)25-20)11-19-21(27)15-9-10-18(26)22(28)23(15)29-19/h1-11,25-26,28H/b19-11-. The maximum Gasteiger partial charge on any atom is 0.232 e. The molecule has 5 rings (SSSR count). The molecule has 1 aliphatic heterocycles. The first-order valence-electron chi connectivity index (χ1n) is 8.89. The van der Waals surface area contributed by atoms with Crippen LogP contribution in [0.1, 0.15) is 15.9 Å². The van der Waals surface area contributed by atoms with E-state index >= 15 is 0 Å². The summed E-state index contributed by atoms with van der Waals surface area (Å²) >= 11 is 0. The van der Waals surface area contributed by atoms with Crippen molar-refractivity contribution in [2.75, 3.05) is 0 Å². The second-order valence-corrected chi connectivity index (χ2v) is 6.72. The number of para-hydroxylation sites is 1. The number of phenolic OH excluding ortho intramolecular Hbond substituents is 2. The maximum absolute atomic E-state index is 13.4. The molecule has 3 N–H and O–H groups in total. The minimum atomic E-state index is -0.475. The third-order valence-electron chi connectivity index (χ3n) is 4.95. The summed E-state index contributed by atoms with van der Waals surface area (Å²) in [5.41, 5.74) is 3.18. The SMILES string of the molecule is O=C1/C(=C/c2c(-c3ccc(F)cc3)[nH]c3ccccc23)Oc2c1ccc(O)c2O. The van der Waals surface area contributed by atoms with Crippen molar-refractivity contribution in [2.24, 2.45) is 0 Å². The fraction of sp³-hybridized carbons (Fsp3) is 0. The van der Waals surface area contributed by atoms with Crippen LogP contribution in [0, 0.1) is 5.82 Å². The minimum absolute atomic E-state index is 0.0222. The molecule has 0 aliphatic carbocycles. The van der Waals surface area contributed by atoms with Gasteiger partial charge in [-0.25, -0.2) is 4.39 Å². The quantitative estimate of drug-likeness (QED) is 0.334. The van der Waals surface area contributed by atoms with Crippen molar-refractivity contribution in [2.45, 2.75) is 0 Å². The summed E-state index contributed by atoms with van der Waals surface area (Å²) in [6.45, 7) is 0. The second kappa shape index (κ2) is 6.24. The molecule has 4 aromatic rings. The number of aromatic nitrogens is 1. The summed E-state index contributed by atoms with van der Waals surface area (Å²) < 4.78 is 19.0. The Kier molecular flexibility index (Phi) is 3.67. The molecule has 1 aliphatic rings. The van der Waals surface area contributed by atoms with Gasteiger partial charge >= 0.3 is 0 Å². The first-order valence-corrected chi connectivity index (χ1v) is 8.89. The number of ether oxygens (including phenoxy) is 1. The maximum atomic E-state index is 13.4. The molecule has 0 atom stereocenters. The van der Waals surface area contributed by atoms with E-state index in [2.05, 4.69) is 4.98 Å². The third-order valence-corrected chi connectivity index (χ3v) is 4.95. The van der Waals surface area contributed by atoms with Gasteiger partial charge in [0.05, 0.1) is 11.3 Å². The lowest BCUT2D eigenvalue weighted by Crippen LogP contribution is -1.98. The summed E-state index contributed by atoms with van der Waals surface area (Å²) in [5.74, 6) is -1.62. The lowest BCUT2D eigenvalue weighted by atomic mass is 10.0. The average Bonchev–Trinajstić information content (AvgIpc) is 3.25. The Bertz CT molecular complexity index is 1320. The molecule has 142 valence electrons. The fourth-order valence-electron chi connectivity index (χ4n) is 3.52. The van der Waals surface area contributed by atoms with E-state index in [0.717, 1.165) is 16.5 Å². The molecule has 0 fully saturated rings. The van der Waals surface area contributed by atoms with Crippen molar-refractivity contribution in [3.8, 4) is 28.5 Å². The van der Waals surface area contributed by atoms with Crippen LogP contribution >= 0.6 is 0 Å². The summed E-state index contributed by atoms with van der Waals surface area (Å²) in [5, 5.41) is 20.5. The molecule has 6 heteroatoms. The van der Waals surface area contributed by atoms with Gasteiger partial charge in [0.2, 0.25) is 11.5 Å². The molecule has 0 saturated carbocycles. The van der Waals surface area contributed by atoms with Crippen molar-refractivity contribution in [3.63, 3.8) is 0 Å². The highest BCUT2D eigenvalue weighted by Crippen LogP contribution is 2.44. The normalized spacial score (nSPS) is 14.4. The van der Waals surface area contributed by atoms with Crippen LogP contribution in [0.4, 0.5) is 4.39 Å². The molecule has 1 aromatic heterocycles. The van der Waals surface area contributed by atoms with Crippen LogP contribution in [0.3, 0.4) is 0 Å². The van der Waals surface area contributed by atoms with E-state index in [-0.39, 0.29) is 28.6 Å². The van der Waals surface area contributed by atoms with E-state index in [1.54, 1.807) is 18.2 Å². The number of carbonyl (C=O) groups excluding carboxylic acids is 1. The number of halogens is 1. The van der Waals surface area contributed by atoms with Gasteiger partial charge < -0.3 is 19.9 Å². The predicted octanol–water partition coefficient (Wildman–Crippen LogP) is 5.00. The van der Waals surface area contributed by atoms with Crippen LogP contribution in [0.25, 0.3) is 28.2 Å². The molecule has 2 heterocycles. The number of Topliss-reactive ketones (excluding diaryl/α,β-unsaturated/α-hetero) is 1. The Morgan fingerprint density at radius 2 is 1.72 bits per heavy atom. The molecular formula is C23H14FNO4. The minimum Gasteiger partial charge on any atom is -0.504 e. The number of hydrogen-bond acceptors (Lipinski definition) is 4. The number of aromatic amines is 1. The molecule has 0 bridgehead atoms. The van der Waals surface area contributed by atoms with Crippen molar-refractivity contribution >= 4 is 22.8 Å². The average molecular weight is 387 g/mol. The van der Waals surface area contributed by atoms with Gasteiger partial charge in [0.1, 0.15) is 5.82 Å². The molecule has 0 spiro atoms. The number of nitrogens with one attached hydrogen (secondary N) is 1. The molecule has 0 unspecified atom stereocenters. The van der Waals surface area contributed by atoms with Gasteiger partial charge in [-0.2, -0.15) is 0 Å².